The van der Waals surface area contributed by atoms with Crippen LogP contribution in [0.2, 0.25) is 0 Å². The molecule has 10 aromatic rings. The van der Waals surface area contributed by atoms with Crippen molar-refractivity contribution in [3.05, 3.63) is 309 Å². The van der Waals surface area contributed by atoms with Crippen LogP contribution in [-0.4, -0.2) is 35.1 Å². The summed E-state index contributed by atoms with van der Waals surface area (Å²) in [5.74, 6) is -0.227. The van der Waals surface area contributed by atoms with E-state index >= 15 is 0 Å². The second-order valence-corrected chi connectivity index (χ2v) is 41.4. The van der Waals surface area contributed by atoms with Gasteiger partial charge in [-0.25, -0.2) is 22.5 Å². The number of pyridine rings is 4. The van der Waals surface area contributed by atoms with E-state index in [1.165, 1.54) is 61.6 Å². The smallest absolute Gasteiger partial charge is 0.129 e. The lowest BCUT2D eigenvalue weighted by Crippen LogP contribution is -2.13. The predicted octanol–water partition coefficient (Wildman–Crippen LogP) is 29.7. The quantitative estimate of drug-likeness (QED) is 0.169. The normalized spacial score (nSPS) is 11.6. The first kappa shape index (κ1) is 107. The van der Waals surface area contributed by atoms with Gasteiger partial charge in [0.15, 0.2) is 0 Å². The van der Waals surface area contributed by atoms with Gasteiger partial charge in [-0.05, 0) is 246 Å². The van der Waals surface area contributed by atoms with Crippen molar-refractivity contribution in [2.75, 3.05) is 0 Å². The van der Waals surface area contributed by atoms with Crippen LogP contribution in [0.25, 0.3) is 0 Å². The molecule has 644 valence electrons. The molecule has 0 unspecified atom stereocenters. The van der Waals surface area contributed by atoms with Gasteiger partial charge in [-0.2, -0.15) is 0 Å². The van der Waals surface area contributed by atoms with E-state index < -0.39 is 12.5 Å². The van der Waals surface area contributed by atoms with E-state index in [4.69, 9.17) is 10.2 Å². The molecule has 0 spiro atoms. The van der Waals surface area contributed by atoms with Gasteiger partial charge in [0.1, 0.15) is 24.1 Å². The summed E-state index contributed by atoms with van der Waals surface area (Å²) in [6.45, 7) is 81.3. The number of alkyl halides is 1. The minimum Gasteiger partial charge on any atom is -0.392 e. The molecule has 0 radical (unpaired) electrons. The highest BCUT2D eigenvalue weighted by atomic mass is 32.1. The summed E-state index contributed by atoms with van der Waals surface area (Å²) in [7, 11) is 0. The minimum atomic E-state index is -0.734. The SMILES string of the molecule is Cc1cc(C(C)(C)C)cc(F)c1CF.Cc1cc(C(C)(C)C)cc(F)c1CO.Cc1cc(C(C)(C)C)ccc1CO.Cc1cc(C(C)(C)C)ccn1.Cc1cc(F)cc(C(C)(C)C)c1.Cc1cccc(C(C)(C)C)n1.Cc1cccc(C(C)C)c1.Cc1ccnc(C(C)(C)C)c1.Cc1cncc(C(C)(C)C)c1.Cc1csc(C(C)(C)C)n1. The van der Waals surface area contributed by atoms with Crippen LogP contribution < -0.4 is 0 Å². The average Bonchev–Trinajstić information content (AvgIpc) is 1.58. The summed E-state index contributed by atoms with van der Waals surface area (Å²) in [6, 6.07) is 43.6. The van der Waals surface area contributed by atoms with Gasteiger partial charge in [-0.3, -0.25) is 19.9 Å². The van der Waals surface area contributed by atoms with Crippen molar-refractivity contribution in [1.82, 2.24) is 24.9 Å². The van der Waals surface area contributed by atoms with Crippen LogP contribution in [-0.2, 0) is 68.6 Å². The molecule has 0 saturated carbocycles. The van der Waals surface area contributed by atoms with Crippen LogP contribution in [0.1, 0.15) is 335 Å². The monoisotopic (exact) mass is 1620 g/mol. The van der Waals surface area contributed by atoms with Crippen LogP contribution in [0.15, 0.2) is 164 Å². The number of rotatable bonds is 4. The molecule has 0 aliphatic heterocycles. The molecule has 7 nitrogen and oxygen atoms in total. The zero-order valence-corrected chi connectivity index (χ0v) is 80.7. The highest BCUT2D eigenvalue weighted by Crippen LogP contribution is 2.32. The highest BCUT2D eigenvalue weighted by Gasteiger charge is 2.23. The second kappa shape index (κ2) is 46.5. The minimum absolute atomic E-state index is 0.0346. The van der Waals surface area contributed by atoms with Gasteiger partial charge in [0, 0.05) is 86.0 Å². The molecule has 2 N–H and O–H groups in total. The van der Waals surface area contributed by atoms with Crippen molar-refractivity contribution in [3.63, 3.8) is 0 Å². The highest BCUT2D eigenvalue weighted by molar-refractivity contribution is 7.09. The second-order valence-electron chi connectivity index (χ2n) is 40.5. The lowest BCUT2D eigenvalue weighted by molar-refractivity contribution is 0.274. The standard InChI is InChI=1S/C12H16F2.C12H17FO.C12H18O.C11H15F.4C10H15N.C10H14.C8H13NS/c1-8-5-9(12(2,3)4)6-11(14)10(8)7-13;1-8-5-9(12(2,3)4)6-11(13)10(8)7-14;1-9-7-11(12(2,3)4)6-5-10(9)8-13;1-8-5-9(11(2,3)4)7-10(12)6-8;1-8-5-9(7-11-6-8)10(2,3)4;1-8-7-9(5-6-11-8)10(2,3)4;1-8-5-6-11-9(7-8)10(2,3)4;1-8-6-5-7-9(11-8)10(2,3)4;1-8(2)10-6-4-5-9(3)7-10;1-6-5-10-7(9-6)8(2,3)4/h5-6H,7H2,1-4H3;5-6,14H,7H2,1-4H3;5-7,13H,8H2,1-4H3;5-7H,1-4H3;4*5-7H,1-4H3;4-8H,1-3H3;5H,1-4H3. The Balaban J connectivity index is 0.000000651. The molecule has 0 saturated heterocycles. The van der Waals surface area contributed by atoms with Crippen LogP contribution in [0.3, 0.4) is 0 Å². The maximum absolute atomic E-state index is 13.5. The summed E-state index contributed by atoms with van der Waals surface area (Å²) < 4.78 is 52.3. The molecule has 0 fully saturated rings. The lowest BCUT2D eigenvalue weighted by atomic mass is 9.85. The number of halogens is 4. The van der Waals surface area contributed by atoms with E-state index in [1.807, 2.05) is 144 Å². The van der Waals surface area contributed by atoms with Crippen molar-refractivity contribution >= 4 is 11.3 Å². The van der Waals surface area contributed by atoms with Gasteiger partial charge in [0.25, 0.3) is 0 Å². The van der Waals surface area contributed by atoms with Crippen LogP contribution in [0.5, 0.6) is 0 Å². The molecule has 0 amide bonds. The zero-order valence-electron chi connectivity index (χ0n) is 79.8. The molecule has 0 aliphatic rings. The van der Waals surface area contributed by atoms with Gasteiger partial charge in [0.05, 0.1) is 18.2 Å². The summed E-state index contributed by atoms with van der Waals surface area (Å²) >= 11 is 1.75. The number of thiazole rings is 1. The van der Waals surface area contributed by atoms with Gasteiger partial charge in [-0.15, -0.1) is 11.3 Å². The molecule has 0 bridgehead atoms. The number of nitrogens with zero attached hydrogens (tertiary/aromatic N) is 5. The van der Waals surface area contributed by atoms with Crippen LogP contribution in [0.4, 0.5) is 17.6 Å². The van der Waals surface area contributed by atoms with Crippen molar-refractivity contribution in [2.24, 2.45) is 0 Å². The molecule has 12 heteroatoms. The van der Waals surface area contributed by atoms with Crippen LogP contribution >= 0.6 is 11.3 Å². The maximum Gasteiger partial charge on any atom is 0.129 e. The number of aromatic nitrogens is 5. The summed E-state index contributed by atoms with van der Waals surface area (Å²) in [4.78, 5) is 21.5. The Labute approximate surface area is 713 Å². The van der Waals surface area contributed by atoms with E-state index in [2.05, 4.69) is 283 Å². The van der Waals surface area contributed by atoms with Crippen molar-refractivity contribution in [2.45, 2.75) is 345 Å². The summed E-state index contributed by atoms with van der Waals surface area (Å²) in [5.41, 5.74) is 24.2. The Morgan fingerprint density at radius 2 is 0.812 bits per heavy atom. The van der Waals surface area contributed by atoms with Gasteiger partial charge < -0.3 is 10.2 Å². The van der Waals surface area contributed by atoms with E-state index in [0.717, 1.165) is 61.9 Å². The van der Waals surface area contributed by atoms with E-state index in [-0.39, 0.29) is 79.1 Å². The third kappa shape index (κ3) is 41.0. The maximum atomic E-state index is 13.5. The zero-order chi connectivity index (χ0) is 90.5. The van der Waals surface area contributed by atoms with Gasteiger partial charge in [-0.1, -0.05) is 279 Å². The van der Waals surface area contributed by atoms with Gasteiger partial charge in [0.2, 0.25) is 0 Å². The first-order valence-electron chi connectivity index (χ1n) is 41.2. The van der Waals surface area contributed by atoms with E-state index in [9.17, 15) is 17.6 Å². The summed E-state index contributed by atoms with van der Waals surface area (Å²) in [6.07, 6.45) is 7.56. The molecule has 117 heavy (non-hydrogen) atoms. The Bertz CT molecular complexity index is 4260. The van der Waals surface area contributed by atoms with Gasteiger partial charge >= 0.3 is 0 Å². The Morgan fingerprint density at radius 3 is 1.15 bits per heavy atom. The molecule has 0 atom stereocenters. The van der Waals surface area contributed by atoms with E-state index in [1.54, 1.807) is 30.4 Å². The first-order valence-corrected chi connectivity index (χ1v) is 42.1. The number of hydrogen-bond acceptors (Lipinski definition) is 8. The molecule has 5 aromatic heterocycles. The van der Waals surface area contributed by atoms with Crippen molar-refractivity contribution in [1.29, 1.82) is 0 Å². The molecular weight excluding hydrogens is 1470 g/mol. The Hall–Kier alpha value is -8.03. The fourth-order valence-corrected chi connectivity index (χ4v) is 11.8. The Kier molecular flexibility index (Phi) is 42.5. The Morgan fingerprint density at radius 1 is 0.350 bits per heavy atom. The molecular formula is C105H153F4N5O2S. The third-order valence-electron chi connectivity index (χ3n) is 19.0. The molecule has 5 heterocycles. The predicted molar refractivity (Wildman–Crippen MR) is 498 cm³/mol. The van der Waals surface area contributed by atoms with Crippen LogP contribution in [0, 0.1) is 86.7 Å². The average molecular weight is 1630 g/mol. The number of benzene rings is 5. The van der Waals surface area contributed by atoms with Crippen molar-refractivity contribution < 1.29 is 27.8 Å². The molecule has 5 aromatic carbocycles. The number of hydrogen-bond donors (Lipinski definition) is 2. The number of aryl methyl sites for hydroxylation is 10. The fourth-order valence-electron chi connectivity index (χ4n) is 10.9. The molecule has 10 rings (SSSR count). The lowest BCUT2D eigenvalue weighted by Gasteiger charge is -2.20. The molecule has 0 aliphatic carbocycles. The number of aliphatic hydroxyl groups excluding tert-OH is 2. The topological polar surface area (TPSA) is 105 Å². The third-order valence-corrected chi connectivity index (χ3v) is 20.3. The van der Waals surface area contributed by atoms with Crippen molar-refractivity contribution in [3.8, 4) is 0 Å². The van der Waals surface area contributed by atoms with E-state index in [0.29, 0.717) is 17.0 Å². The number of aliphatic hydroxyl groups is 2. The fraction of sp³-hybridized carbons (Fsp3) is 0.495. The largest absolute Gasteiger partial charge is 0.392 e. The first-order chi connectivity index (χ1) is 53.3. The summed E-state index contributed by atoms with van der Waals surface area (Å²) in [5, 5.41) is 21.3.